The van der Waals surface area contributed by atoms with E-state index in [0.29, 0.717) is 0 Å². The van der Waals surface area contributed by atoms with E-state index in [4.69, 9.17) is 4.74 Å². The van der Waals surface area contributed by atoms with Gasteiger partial charge < -0.3 is 4.74 Å². The number of hydrogen-bond acceptors (Lipinski definition) is 3. The maximum atomic E-state index is 5.27. The van der Waals surface area contributed by atoms with Gasteiger partial charge in [0.05, 0.1) is 19.9 Å². The Morgan fingerprint density at radius 3 is 2.67 bits per heavy atom. The summed E-state index contributed by atoms with van der Waals surface area (Å²) in [4.78, 5) is 6.71. The van der Waals surface area contributed by atoms with Crippen LogP contribution in [0.4, 0.5) is 0 Å². The summed E-state index contributed by atoms with van der Waals surface area (Å²) in [5.41, 5.74) is 1.16. The summed E-state index contributed by atoms with van der Waals surface area (Å²) in [7, 11) is 0. The second kappa shape index (κ2) is 5.63. The van der Waals surface area contributed by atoms with E-state index in [1.165, 1.54) is 0 Å². The Labute approximate surface area is 90.4 Å². The van der Waals surface area contributed by atoms with Crippen molar-refractivity contribution in [2.45, 2.75) is 0 Å². The van der Waals surface area contributed by atoms with Crippen molar-refractivity contribution in [3.05, 3.63) is 35.9 Å². The molecule has 1 aliphatic heterocycles. The van der Waals surface area contributed by atoms with E-state index in [-0.39, 0.29) is 0 Å². The third kappa shape index (κ3) is 3.46. The van der Waals surface area contributed by atoms with Crippen LogP contribution in [0.5, 0.6) is 0 Å². The van der Waals surface area contributed by atoms with Crippen LogP contribution in [0.25, 0.3) is 0 Å². The second-order valence-electron chi connectivity index (χ2n) is 3.59. The molecule has 0 aliphatic carbocycles. The summed E-state index contributed by atoms with van der Waals surface area (Å²) in [6.07, 6.45) is 1.93. The molecule has 0 unspecified atom stereocenters. The Hall–Kier alpha value is -1.19. The van der Waals surface area contributed by atoms with Crippen molar-refractivity contribution in [3.8, 4) is 0 Å². The van der Waals surface area contributed by atoms with Gasteiger partial charge in [-0.05, 0) is 5.56 Å². The number of benzene rings is 1. The maximum absolute atomic E-state index is 5.27. The Bertz CT molecular complexity index is 305. The molecule has 1 aliphatic rings. The summed E-state index contributed by atoms with van der Waals surface area (Å²) >= 11 is 0. The Kier molecular flexibility index (Phi) is 3.88. The molecule has 0 bridgehead atoms. The Balaban J connectivity index is 1.79. The van der Waals surface area contributed by atoms with Gasteiger partial charge in [0.25, 0.3) is 0 Å². The molecule has 2 rings (SSSR count). The van der Waals surface area contributed by atoms with Gasteiger partial charge in [0.2, 0.25) is 0 Å². The van der Waals surface area contributed by atoms with Gasteiger partial charge in [-0.2, -0.15) is 0 Å². The molecule has 0 saturated carbocycles. The van der Waals surface area contributed by atoms with Crippen LogP contribution >= 0.6 is 0 Å². The molecule has 0 spiro atoms. The SMILES string of the molecule is C(=NCN1CCOCC1)c1ccccc1. The van der Waals surface area contributed by atoms with E-state index in [9.17, 15) is 0 Å². The van der Waals surface area contributed by atoms with Crippen molar-refractivity contribution in [2.75, 3.05) is 33.0 Å². The smallest absolute Gasteiger partial charge is 0.0911 e. The number of morpholine rings is 1. The monoisotopic (exact) mass is 204 g/mol. The van der Waals surface area contributed by atoms with Crippen molar-refractivity contribution < 1.29 is 4.74 Å². The fraction of sp³-hybridized carbons (Fsp3) is 0.417. The first kappa shape index (κ1) is 10.3. The molecular weight excluding hydrogens is 188 g/mol. The lowest BCUT2D eigenvalue weighted by Crippen LogP contribution is -2.36. The highest BCUT2D eigenvalue weighted by Gasteiger charge is 2.07. The Morgan fingerprint density at radius 1 is 1.20 bits per heavy atom. The zero-order valence-corrected chi connectivity index (χ0v) is 8.80. The average molecular weight is 204 g/mol. The molecule has 3 nitrogen and oxygen atoms in total. The minimum Gasteiger partial charge on any atom is -0.379 e. The van der Waals surface area contributed by atoms with Crippen LogP contribution in [0.2, 0.25) is 0 Å². The third-order valence-corrected chi connectivity index (χ3v) is 2.43. The first-order chi connectivity index (χ1) is 7.45. The molecule has 0 atom stereocenters. The fourth-order valence-electron chi connectivity index (χ4n) is 1.54. The van der Waals surface area contributed by atoms with E-state index in [1.54, 1.807) is 0 Å². The molecule has 0 amide bonds. The molecule has 1 fully saturated rings. The third-order valence-electron chi connectivity index (χ3n) is 2.43. The van der Waals surface area contributed by atoms with Gasteiger partial charge in [0.1, 0.15) is 0 Å². The lowest BCUT2D eigenvalue weighted by atomic mass is 10.2. The summed E-state index contributed by atoms with van der Waals surface area (Å²) in [5, 5.41) is 0. The van der Waals surface area contributed by atoms with Crippen LogP contribution in [0, 0.1) is 0 Å². The normalized spacial score (nSPS) is 18.4. The molecule has 3 heteroatoms. The summed E-state index contributed by atoms with van der Waals surface area (Å²) < 4.78 is 5.27. The topological polar surface area (TPSA) is 24.8 Å². The molecular formula is C12H16N2O. The highest BCUT2D eigenvalue weighted by Crippen LogP contribution is 1.97. The van der Waals surface area contributed by atoms with E-state index in [2.05, 4.69) is 22.0 Å². The van der Waals surface area contributed by atoms with Crippen LogP contribution in [-0.2, 0) is 4.74 Å². The van der Waals surface area contributed by atoms with E-state index < -0.39 is 0 Å². The van der Waals surface area contributed by atoms with Crippen molar-refractivity contribution in [3.63, 3.8) is 0 Å². The van der Waals surface area contributed by atoms with Crippen molar-refractivity contribution in [1.82, 2.24) is 4.90 Å². The predicted molar refractivity (Wildman–Crippen MR) is 61.3 cm³/mol. The number of rotatable bonds is 3. The molecule has 0 N–H and O–H groups in total. The van der Waals surface area contributed by atoms with Crippen LogP contribution < -0.4 is 0 Å². The molecule has 1 heterocycles. The van der Waals surface area contributed by atoms with Crippen LogP contribution in [0.3, 0.4) is 0 Å². The van der Waals surface area contributed by atoms with Gasteiger partial charge >= 0.3 is 0 Å². The van der Waals surface area contributed by atoms with Crippen LogP contribution in [0.1, 0.15) is 5.56 Å². The fourth-order valence-corrected chi connectivity index (χ4v) is 1.54. The Morgan fingerprint density at radius 2 is 1.93 bits per heavy atom. The maximum Gasteiger partial charge on any atom is 0.0911 e. The van der Waals surface area contributed by atoms with Crippen LogP contribution in [-0.4, -0.2) is 44.1 Å². The van der Waals surface area contributed by atoms with Gasteiger partial charge in [-0.1, -0.05) is 30.3 Å². The van der Waals surface area contributed by atoms with E-state index in [0.717, 1.165) is 38.5 Å². The second-order valence-corrected chi connectivity index (χ2v) is 3.59. The van der Waals surface area contributed by atoms with Crippen molar-refractivity contribution in [2.24, 2.45) is 4.99 Å². The average Bonchev–Trinajstić information content (AvgIpc) is 2.32. The molecule has 1 saturated heterocycles. The van der Waals surface area contributed by atoms with Crippen molar-refractivity contribution in [1.29, 1.82) is 0 Å². The van der Waals surface area contributed by atoms with Gasteiger partial charge in [0, 0.05) is 19.3 Å². The molecule has 1 aromatic carbocycles. The first-order valence-corrected chi connectivity index (χ1v) is 5.30. The minimum atomic E-state index is 0.776. The number of ether oxygens (including phenoxy) is 1. The lowest BCUT2D eigenvalue weighted by Gasteiger charge is -2.24. The van der Waals surface area contributed by atoms with Gasteiger partial charge in [-0.15, -0.1) is 0 Å². The summed E-state index contributed by atoms with van der Waals surface area (Å²) in [6.45, 7) is 4.43. The van der Waals surface area contributed by atoms with Crippen LogP contribution in [0.15, 0.2) is 35.3 Å². The van der Waals surface area contributed by atoms with Gasteiger partial charge in [-0.3, -0.25) is 9.89 Å². The highest BCUT2D eigenvalue weighted by atomic mass is 16.5. The zero-order valence-electron chi connectivity index (χ0n) is 8.80. The molecule has 1 aromatic rings. The summed E-state index contributed by atoms with van der Waals surface area (Å²) in [5.74, 6) is 0. The molecule has 15 heavy (non-hydrogen) atoms. The lowest BCUT2D eigenvalue weighted by molar-refractivity contribution is 0.0395. The highest BCUT2D eigenvalue weighted by molar-refractivity contribution is 5.79. The molecule has 0 aromatic heterocycles. The van der Waals surface area contributed by atoms with Gasteiger partial charge in [-0.25, -0.2) is 0 Å². The number of nitrogens with zero attached hydrogens (tertiary/aromatic N) is 2. The minimum absolute atomic E-state index is 0.776. The number of aliphatic imine (C=N–C) groups is 1. The summed E-state index contributed by atoms with van der Waals surface area (Å²) in [6, 6.07) is 10.2. The quantitative estimate of drug-likeness (QED) is 0.695. The van der Waals surface area contributed by atoms with E-state index >= 15 is 0 Å². The molecule has 0 radical (unpaired) electrons. The molecule has 80 valence electrons. The van der Waals surface area contributed by atoms with Crippen molar-refractivity contribution >= 4 is 6.21 Å². The van der Waals surface area contributed by atoms with E-state index in [1.807, 2.05) is 24.4 Å². The largest absolute Gasteiger partial charge is 0.379 e. The standard InChI is InChI=1S/C12H16N2O/c1-2-4-12(5-3-1)10-13-11-14-6-8-15-9-7-14/h1-5,10H,6-9,11H2. The zero-order chi connectivity index (χ0) is 10.3. The first-order valence-electron chi connectivity index (χ1n) is 5.30. The number of hydrogen-bond donors (Lipinski definition) is 0. The van der Waals surface area contributed by atoms with Gasteiger partial charge in [0.15, 0.2) is 0 Å². The predicted octanol–water partition coefficient (Wildman–Crippen LogP) is 1.40.